The van der Waals surface area contributed by atoms with Gasteiger partial charge in [0, 0.05) is 19.6 Å². The first-order valence-corrected chi connectivity index (χ1v) is 7.46. The van der Waals surface area contributed by atoms with Gasteiger partial charge in [0.1, 0.15) is 5.82 Å². The average Bonchev–Trinajstić information content (AvgIpc) is 2.43. The van der Waals surface area contributed by atoms with Crippen molar-refractivity contribution >= 4 is 29.9 Å². The van der Waals surface area contributed by atoms with Crippen molar-refractivity contribution in [2.75, 3.05) is 19.6 Å². The molecule has 1 N–H and O–H groups in total. The molecule has 118 valence electrons. The Morgan fingerprint density at radius 2 is 2.29 bits per heavy atom. The second-order valence-electron chi connectivity index (χ2n) is 5.49. The Balaban J connectivity index is 0.00000220. The van der Waals surface area contributed by atoms with E-state index < -0.39 is 0 Å². The highest BCUT2D eigenvalue weighted by Gasteiger charge is 2.18. The first kappa shape index (κ1) is 18.2. The van der Waals surface area contributed by atoms with Crippen LogP contribution in [0.15, 0.2) is 29.3 Å². The van der Waals surface area contributed by atoms with Crippen molar-refractivity contribution in [3.05, 3.63) is 35.6 Å². The molecule has 0 aliphatic carbocycles. The van der Waals surface area contributed by atoms with Crippen LogP contribution in [-0.4, -0.2) is 30.5 Å². The van der Waals surface area contributed by atoms with E-state index in [1.54, 1.807) is 12.1 Å². The number of benzene rings is 1. The summed E-state index contributed by atoms with van der Waals surface area (Å²) in [5.74, 6) is 1.46. The van der Waals surface area contributed by atoms with Crippen molar-refractivity contribution in [1.29, 1.82) is 0 Å². The Bertz CT molecular complexity index is 465. The highest BCUT2D eigenvalue weighted by atomic mass is 127. The lowest BCUT2D eigenvalue weighted by Gasteiger charge is -2.33. The SMILES string of the molecule is CCNC(=NCc1cccc(F)c1)N1CCCC(C)C1.I. The van der Waals surface area contributed by atoms with Crippen LogP contribution in [0.5, 0.6) is 0 Å². The maximum atomic E-state index is 13.2. The minimum atomic E-state index is -0.200. The number of likely N-dealkylation sites (tertiary alicyclic amines) is 1. The Morgan fingerprint density at radius 3 is 2.95 bits per heavy atom. The molecule has 1 saturated heterocycles. The molecule has 1 aromatic carbocycles. The summed E-state index contributed by atoms with van der Waals surface area (Å²) in [5, 5.41) is 3.34. The monoisotopic (exact) mass is 405 g/mol. The van der Waals surface area contributed by atoms with Crippen molar-refractivity contribution in [2.24, 2.45) is 10.9 Å². The number of hydrogen-bond acceptors (Lipinski definition) is 1. The van der Waals surface area contributed by atoms with Gasteiger partial charge < -0.3 is 10.2 Å². The fraction of sp³-hybridized carbons (Fsp3) is 0.562. The molecule has 1 unspecified atom stereocenters. The molecule has 0 bridgehead atoms. The van der Waals surface area contributed by atoms with Gasteiger partial charge >= 0.3 is 0 Å². The number of aliphatic imine (C=N–C) groups is 1. The van der Waals surface area contributed by atoms with Gasteiger partial charge in [-0.1, -0.05) is 19.1 Å². The maximum absolute atomic E-state index is 13.2. The van der Waals surface area contributed by atoms with Crippen molar-refractivity contribution in [3.63, 3.8) is 0 Å². The Labute approximate surface area is 144 Å². The van der Waals surface area contributed by atoms with Gasteiger partial charge in [-0.25, -0.2) is 9.38 Å². The molecule has 0 saturated carbocycles. The third kappa shape index (κ3) is 5.80. The van der Waals surface area contributed by atoms with Crippen LogP contribution in [0.1, 0.15) is 32.3 Å². The van der Waals surface area contributed by atoms with E-state index in [9.17, 15) is 4.39 Å². The summed E-state index contributed by atoms with van der Waals surface area (Å²) in [6.07, 6.45) is 2.51. The zero-order valence-electron chi connectivity index (χ0n) is 12.8. The predicted molar refractivity (Wildman–Crippen MR) is 96.6 cm³/mol. The van der Waals surface area contributed by atoms with Gasteiger partial charge in [0.25, 0.3) is 0 Å². The summed E-state index contributed by atoms with van der Waals surface area (Å²) < 4.78 is 13.2. The van der Waals surface area contributed by atoms with Crippen LogP contribution in [0.3, 0.4) is 0 Å². The molecule has 5 heteroatoms. The topological polar surface area (TPSA) is 27.6 Å². The van der Waals surface area contributed by atoms with Crippen LogP contribution in [0.25, 0.3) is 0 Å². The molecule has 1 atom stereocenters. The zero-order valence-corrected chi connectivity index (χ0v) is 15.1. The molecular formula is C16H25FIN3. The minimum Gasteiger partial charge on any atom is -0.357 e. The molecule has 1 fully saturated rings. The van der Waals surface area contributed by atoms with Gasteiger partial charge in [0.15, 0.2) is 5.96 Å². The van der Waals surface area contributed by atoms with E-state index in [4.69, 9.17) is 0 Å². The number of piperidine rings is 1. The Morgan fingerprint density at radius 1 is 1.48 bits per heavy atom. The van der Waals surface area contributed by atoms with Crippen LogP contribution in [0.4, 0.5) is 4.39 Å². The van der Waals surface area contributed by atoms with E-state index in [0.717, 1.165) is 31.2 Å². The first-order chi connectivity index (χ1) is 9.69. The molecule has 1 aliphatic rings. The molecule has 0 aromatic heterocycles. The lowest BCUT2D eigenvalue weighted by atomic mass is 10.0. The summed E-state index contributed by atoms with van der Waals surface area (Å²) in [5.41, 5.74) is 0.908. The van der Waals surface area contributed by atoms with Crippen molar-refractivity contribution in [2.45, 2.75) is 33.2 Å². The van der Waals surface area contributed by atoms with Crippen molar-refractivity contribution in [3.8, 4) is 0 Å². The highest BCUT2D eigenvalue weighted by molar-refractivity contribution is 14.0. The smallest absolute Gasteiger partial charge is 0.194 e. The summed E-state index contributed by atoms with van der Waals surface area (Å²) in [6, 6.07) is 6.65. The number of guanidine groups is 1. The number of nitrogens with one attached hydrogen (secondary N) is 1. The number of rotatable bonds is 3. The Hall–Kier alpha value is -0.850. The third-order valence-electron chi connectivity index (χ3n) is 3.59. The van der Waals surface area contributed by atoms with Gasteiger partial charge in [-0.05, 0) is 43.4 Å². The molecular weight excluding hydrogens is 380 g/mol. The normalized spacial score (nSPS) is 19.1. The van der Waals surface area contributed by atoms with Gasteiger partial charge in [-0.3, -0.25) is 0 Å². The lowest BCUT2D eigenvalue weighted by Crippen LogP contribution is -2.46. The van der Waals surface area contributed by atoms with Crippen LogP contribution >= 0.6 is 24.0 Å². The second kappa shape index (κ2) is 9.23. The van der Waals surface area contributed by atoms with Gasteiger partial charge in [0.2, 0.25) is 0 Å². The number of halogens is 2. The summed E-state index contributed by atoms with van der Waals surface area (Å²) in [4.78, 5) is 6.96. The molecule has 1 aliphatic heterocycles. The predicted octanol–water partition coefficient (Wildman–Crippen LogP) is 3.64. The van der Waals surface area contributed by atoms with Crippen molar-refractivity contribution < 1.29 is 4.39 Å². The Kier molecular flexibility index (Phi) is 8.00. The van der Waals surface area contributed by atoms with Crippen LogP contribution in [0.2, 0.25) is 0 Å². The fourth-order valence-electron chi connectivity index (χ4n) is 2.61. The quantitative estimate of drug-likeness (QED) is 0.473. The van der Waals surface area contributed by atoms with E-state index in [-0.39, 0.29) is 29.8 Å². The number of hydrogen-bond donors (Lipinski definition) is 1. The van der Waals surface area contributed by atoms with Crippen molar-refractivity contribution in [1.82, 2.24) is 10.2 Å². The summed E-state index contributed by atoms with van der Waals surface area (Å²) in [6.45, 7) is 7.83. The average molecular weight is 405 g/mol. The molecule has 2 rings (SSSR count). The molecule has 1 aromatic rings. The highest BCUT2D eigenvalue weighted by Crippen LogP contribution is 2.15. The molecule has 3 nitrogen and oxygen atoms in total. The molecule has 1 heterocycles. The fourth-order valence-corrected chi connectivity index (χ4v) is 2.61. The standard InChI is InChI=1S/C16H24FN3.HI/c1-3-18-16(20-9-5-6-13(2)12-20)19-11-14-7-4-8-15(17)10-14;/h4,7-8,10,13H,3,5-6,9,11-12H2,1-2H3,(H,18,19);1H. The zero-order chi connectivity index (χ0) is 14.4. The summed E-state index contributed by atoms with van der Waals surface area (Å²) in [7, 11) is 0. The summed E-state index contributed by atoms with van der Waals surface area (Å²) >= 11 is 0. The van der Waals surface area contributed by atoms with E-state index in [1.807, 2.05) is 6.07 Å². The minimum absolute atomic E-state index is 0. The first-order valence-electron chi connectivity index (χ1n) is 7.46. The van der Waals surface area contributed by atoms with E-state index in [0.29, 0.717) is 12.5 Å². The largest absolute Gasteiger partial charge is 0.357 e. The van der Waals surface area contributed by atoms with E-state index >= 15 is 0 Å². The van der Waals surface area contributed by atoms with Gasteiger partial charge in [-0.2, -0.15) is 0 Å². The van der Waals surface area contributed by atoms with Crippen LogP contribution in [-0.2, 0) is 6.54 Å². The molecule has 0 spiro atoms. The second-order valence-corrected chi connectivity index (χ2v) is 5.49. The van der Waals surface area contributed by atoms with E-state index in [2.05, 4.69) is 29.1 Å². The van der Waals surface area contributed by atoms with Gasteiger partial charge in [-0.15, -0.1) is 24.0 Å². The van der Waals surface area contributed by atoms with Gasteiger partial charge in [0.05, 0.1) is 6.54 Å². The molecule has 0 radical (unpaired) electrons. The molecule has 0 amide bonds. The third-order valence-corrected chi connectivity index (χ3v) is 3.59. The number of nitrogens with zero attached hydrogens (tertiary/aromatic N) is 2. The lowest BCUT2D eigenvalue weighted by molar-refractivity contribution is 0.266. The van der Waals surface area contributed by atoms with Crippen LogP contribution in [0, 0.1) is 11.7 Å². The maximum Gasteiger partial charge on any atom is 0.194 e. The van der Waals surface area contributed by atoms with Crippen LogP contribution < -0.4 is 5.32 Å². The van der Waals surface area contributed by atoms with E-state index in [1.165, 1.54) is 18.9 Å². The molecule has 21 heavy (non-hydrogen) atoms.